The summed E-state index contributed by atoms with van der Waals surface area (Å²) in [7, 11) is 6.25. The van der Waals surface area contributed by atoms with E-state index in [1.807, 2.05) is 7.05 Å². The summed E-state index contributed by atoms with van der Waals surface area (Å²) >= 11 is 5.90. The van der Waals surface area contributed by atoms with Gasteiger partial charge in [0.2, 0.25) is 0 Å². The minimum absolute atomic E-state index is 0.152. The third kappa shape index (κ3) is 3.24. The molecule has 1 fully saturated rings. The molecule has 1 aromatic rings. The van der Waals surface area contributed by atoms with Crippen LogP contribution in [0.25, 0.3) is 0 Å². The number of likely N-dealkylation sites (N-methyl/N-ethyl adjacent to an activating group) is 2. The van der Waals surface area contributed by atoms with Gasteiger partial charge >= 0.3 is 0 Å². The number of rotatable bonds is 6. The van der Waals surface area contributed by atoms with Crippen molar-refractivity contribution in [3.05, 3.63) is 34.6 Å². The molecule has 1 aliphatic carbocycles. The van der Waals surface area contributed by atoms with Crippen LogP contribution < -0.4 is 5.73 Å². The Morgan fingerprint density at radius 2 is 2.00 bits per heavy atom. The largest absolute Gasteiger partial charge is 0.329 e. The van der Waals surface area contributed by atoms with Crippen LogP contribution in [0, 0.1) is 5.82 Å². The molecule has 0 spiro atoms. The van der Waals surface area contributed by atoms with Gasteiger partial charge in [0, 0.05) is 30.2 Å². The Morgan fingerprint density at radius 1 is 1.33 bits per heavy atom. The van der Waals surface area contributed by atoms with E-state index in [4.69, 9.17) is 17.3 Å². The maximum absolute atomic E-state index is 14.3. The van der Waals surface area contributed by atoms with Gasteiger partial charge in [-0.3, -0.25) is 4.90 Å². The summed E-state index contributed by atoms with van der Waals surface area (Å²) in [6.07, 6.45) is 3.62. The first-order chi connectivity index (χ1) is 9.91. The first-order valence-electron chi connectivity index (χ1n) is 7.43. The first kappa shape index (κ1) is 16.7. The van der Waals surface area contributed by atoms with E-state index in [0.717, 1.165) is 6.54 Å². The molecule has 0 radical (unpaired) electrons. The highest BCUT2D eigenvalue weighted by molar-refractivity contribution is 6.30. The Morgan fingerprint density at radius 3 is 2.48 bits per heavy atom. The summed E-state index contributed by atoms with van der Waals surface area (Å²) in [6, 6.07) is 4.98. The van der Waals surface area contributed by atoms with Gasteiger partial charge in [-0.2, -0.15) is 0 Å². The van der Waals surface area contributed by atoms with Gasteiger partial charge in [0.25, 0.3) is 0 Å². The standard InChI is InChI=1S/C16H25ClFN3/c1-20(2)16(8-5-9-16)11-21(3)14(10-19)12-6-4-7-13(17)15(12)18/h4,6-7,14H,5,8-11,19H2,1-3H3. The number of benzene rings is 1. The van der Waals surface area contributed by atoms with Crippen LogP contribution in [0.3, 0.4) is 0 Å². The number of hydrogen-bond acceptors (Lipinski definition) is 3. The summed E-state index contributed by atoms with van der Waals surface area (Å²) < 4.78 is 14.3. The highest BCUT2D eigenvalue weighted by atomic mass is 35.5. The molecule has 1 unspecified atom stereocenters. The molecule has 2 N–H and O–H groups in total. The molecule has 0 amide bonds. The van der Waals surface area contributed by atoms with Crippen LogP contribution in [0.1, 0.15) is 30.9 Å². The van der Waals surface area contributed by atoms with E-state index in [-0.39, 0.29) is 22.4 Å². The number of halogens is 2. The normalized spacial score (nSPS) is 18.9. The average molecular weight is 314 g/mol. The van der Waals surface area contributed by atoms with Gasteiger partial charge in [0.15, 0.2) is 0 Å². The van der Waals surface area contributed by atoms with Crippen molar-refractivity contribution in [3.63, 3.8) is 0 Å². The molecule has 5 heteroatoms. The smallest absolute Gasteiger partial charge is 0.146 e. The molecule has 1 atom stereocenters. The van der Waals surface area contributed by atoms with Crippen molar-refractivity contribution < 1.29 is 4.39 Å². The minimum atomic E-state index is -0.353. The number of hydrogen-bond donors (Lipinski definition) is 1. The predicted octanol–water partition coefficient (Wildman–Crippen LogP) is 2.90. The number of nitrogens with zero attached hydrogens (tertiary/aromatic N) is 2. The summed E-state index contributed by atoms with van der Waals surface area (Å²) in [5.74, 6) is -0.353. The lowest BCUT2D eigenvalue weighted by Gasteiger charge is -2.50. The van der Waals surface area contributed by atoms with Gasteiger partial charge < -0.3 is 10.6 Å². The molecule has 1 saturated carbocycles. The van der Waals surface area contributed by atoms with E-state index in [0.29, 0.717) is 12.1 Å². The molecule has 1 aromatic carbocycles. The molecule has 2 rings (SSSR count). The molecular formula is C16H25ClFN3. The highest BCUT2D eigenvalue weighted by Crippen LogP contribution is 2.38. The van der Waals surface area contributed by atoms with Crippen molar-refractivity contribution in [2.45, 2.75) is 30.8 Å². The summed E-state index contributed by atoms with van der Waals surface area (Å²) in [6.45, 7) is 1.26. The molecule has 21 heavy (non-hydrogen) atoms. The summed E-state index contributed by atoms with van der Waals surface area (Å²) in [4.78, 5) is 4.45. The fourth-order valence-electron chi connectivity index (χ4n) is 3.23. The predicted molar refractivity (Wildman–Crippen MR) is 86.1 cm³/mol. The van der Waals surface area contributed by atoms with Crippen molar-refractivity contribution in [3.8, 4) is 0 Å². The summed E-state index contributed by atoms with van der Waals surface area (Å²) in [5, 5.41) is 0.158. The zero-order valence-electron chi connectivity index (χ0n) is 13.1. The first-order valence-corrected chi connectivity index (χ1v) is 7.81. The van der Waals surface area contributed by atoms with Crippen LogP contribution >= 0.6 is 11.6 Å². The highest BCUT2D eigenvalue weighted by Gasteiger charge is 2.41. The van der Waals surface area contributed by atoms with Crippen molar-refractivity contribution in [2.75, 3.05) is 34.2 Å². The van der Waals surface area contributed by atoms with Gasteiger partial charge in [0.05, 0.1) is 5.02 Å². The Labute approximate surface area is 131 Å². The Hall–Kier alpha value is -0.680. The fourth-order valence-corrected chi connectivity index (χ4v) is 3.41. The van der Waals surface area contributed by atoms with E-state index >= 15 is 0 Å². The monoisotopic (exact) mass is 313 g/mol. The number of nitrogens with two attached hydrogens (primary N) is 1. The van der Waals surface area contributed by atoms with Crippen molar-refractivity contribution >= 4 is 11.6 Å². The van der Waals surface area contributed by atoms with Crippen molar-refractivity contribution in [1.82, 2.24) is 9.80 Å². The van der Waals surface area contributed by atoms with E-state index in [9.17, 15) is 4.39 Å². The van der Waals surface area contributed by atoms with Gasteiger partial charge in [-0.15, -0.1) is 0 Å². The Kier molecular flexibility index (Phi) is 5.25. The SMILES string of the molecule is CN(CC1(N(C)C)CCC1)C(CN)c1cccc(Cl)c1F. The quantitative estimate of drug-likeness (QED) is 0.876. The second-order valence-electron chi connectivity index (χ2n) is 6.28. The summed E-state index contributed by atoms with van der Waals surface area (Å²) in [5.41, 5.74) is 6.69. The van der Waals surface area contributed by atoms with E-state index in [1.54, 1.807) is 18.2 Å². The lowest BCUT2D eigenvalue weighted by atomic mass is 9.75. The van der Waals surface area contributed by atoms with Gasteiger partial charge in [-0.05, 0) is 46.5 Å². The molecule has 0 saturated heterocycles. The molecule has 1 aliphatic rings. The van der Waals surface area contributed by atoms with Gasteiger partial charge in [-0.1, -0.05) is 23.7 Å². The van der Waals surface area contributed by atoms with E-state index in [1.165, 1.54) is 19.3 Å². The lowest BCUT2D eigenvalue weighted by molar-refractivity contribution is 0.0164. The molecule has 0 heterocycles. The Balaban J connectivity index is 2.19. The maximum atomic E-state index is 14.3. The fraction of sp³-hybridized carbons (Fsp3) is 0.625. The Bertz CT molecular complexity index is 488. The zero-order chi connectivity index (χ0) is 15.6. The maximum Gasteiger partial charge on any atom is 0.146 e. The molecule has 3 nitrogen and oxygen atoms in total. The third-order valence-electron chi connectivity index (χ3n) is 4.87. The van der Waals surface area contributed by atoms with Crippen LogP contribution in [-0.2, 0) is 0 Å². The molecular weight excluding hydrogens is 289 g/mol. The second kappa shape index (κ2) is 6.61. The van der Waals surface area contributed by atoms with Crippen LogP contribution in [0.15, 0.2) is 18.2 Å². The van der Waals surface area contributed by atoms with Crippen molar-refractivity contribution in [1.29, 1.82) is 0 Å². The van der Waals surface area contributed by atoms with Crippen LogP contribution in [-0.4, -0.2) is 49.6 Å². The van der Waals surface area contributed by atoms with Crippen molar-refractivity contribution in [2.24, 2.45) is 5.73 Å². The van der Waals surface area contributed by atoms with E-state index < -0.39 is 0 Å². The van der Waals surface area contributed by atoms with Crippen LogP contribution in [0.4, 0.5) is 4.39 Å². The average Bonchev–Trinajstić information content (AvgIpc) is 2.39. The molecule has 0 aliphatic heterocycles. The van der Waals surface area contributed by atoms with Gasteiger partial charge in [-0.25, -0.2) is 4.39 Å². The van der Waals surface area contributed by atoms with Crippen LogP contribution in [0.2, 0.25) is 5.02 Å². The second-order valence-corrected chi connectivity index (χ2v) is 6.69. The minimum Gasteiger partial charge on any atom is -0.329 e. The molecule has 0 bridgehead atoms. The zero-order valence-corrected chi connectivity index (χ0v) is 13.8. The third-order valence-corrected chi connectivity index (χ3v) is 5.16. The topological polar surface area (TPSA) is 32.5 Å². The lowest BCUT2D eigenvalue weighted by Crippen LogP contribution is -2.57. The van der Waals surface area contributed by atoms with E-state index in [2.05, 4.69) is 23.9 Å². The van der Waals surface area contributed by atoms with Crippen LogP contribution in [0.5, 0.6) is 0 Å². The van der Waals surface area contributed by atoms with Gasteiger partial charge in [0.1, 0.15) is 5.82 Å². The molecule has 0 aromatic heterocycles. The molecule has 118 valence electrons.